The summed E-state index contributed by atoms with van der Waals surface area (Å²) in [4.78, 5) is 22.2. The van der Waals surface area contributed by atoms with Gasteiger partial charge in [-0.2, -0.15) is 0 Å². The minimum absolute atomic E-state index is 0.183. The van der Waals surface area contributed by atoms with Gasteiger partial charge in [-0.25, -0.2) is 9.59 Å². The summed E-state index contributed by atoms with van der Waals surface area (Å²) in [5.41, 5.74) is -0.543. The van der Waals surface area contributed by atoms with Crippen molar-refractivity contribution in [1.82, 2.24) is 0 Å². The van der Waals surface area contributed by atoms with Crippen LogP contribution in [0, 0.1) is 0 Å². The standard InChI is InChI=1S/C11H20O5/c1-8(2)15-9(12)6-14-7-10(13)16-11(3,4)5/h8H,6-7H2,1-5H3. The first-order valence-corrected chi connectivity index (χ1v) is 5.20. The number of carbonyl (C=O) groups excluding carboxylic acids is 2. The van der Waals surface area contributed by atoms with Crippen molar-refractivity contribution in [2.24, 2.45) is 0 Å². The highest BCUT2D eigenvalue weighted by molar-refractivity contribution is 5.73. The van der Waals surface area contributed by atoms with E-state index in [1.165, 1.54) is 0 Å². The topological polar surface area (TPSA) is 61.8 Å². The van der Waals surface area contributed by atoms with Gasteiger partial charge < -0.3 is 14.2 Å². The third-order valence-electron chi connectivity index (χ3n) is 1.23. The Hall–Kier alpha value is -1.10. The molecule has 0 amide bonds. The van der Waals surface area contributed by atoms with Crippen molar-refractivity contribution in [3.8, 4) is 0 Å². The molecule has 0 aromatic rings. The van der Waals surface area contributed by atoms with Crippen molar-refractivity contribution in [2.45, 2.75) is 46.3 Å². The summed E-state index contributed by atoms with van der Waals surface area (Å²) in [5, 5.41) is 0. The van der Waals surface area contributed by atoms with Gasteiger partial charge in [0.1, 0.15) is 18.8 Å². The highest BCUT2D eigenvalue weighted by Crippen LogP contribution is 2.06. The van der Waals surface area contributed by atoms with Gasteiger partial charge in [0.05, 0.1) is 6.10 Å². The molecule has 0 fully saturated rings. The average Bonchev–Trinajstić information content (AvgIpc) is 1.98. The van der Waals surface area contributed by atoms with Crippen LogP contribution in [0.5, 0.6) is 0 Å². The van der Waals surface area contributed by atoms with Crippen molar-refractivity contribution in [3.05, 3.63) is 0 Å². The van der Waals surface area contributed by atoms with Gasteiger partial charge in [-0.15, -0.1) is 0 Å². The van der Waals surface area contributed by atoms with Gasteiger partial charge in [0.15, 0.2) is 0 Å². The Kier molecular flexibility index (Phi) is 6.03. The second-order valence-corrected chi connectivity index (χ2v) is 4.62. The maximum Gasteiger partial charge on any atom is 0.332 e. The summed E-state index contributed by atoms with van der Waals surface area (Å²) in [7, 11) is 0. The summed E-state index contributed by atoms with van der Waals surface area (Å²) in [5.74, 6) is -0.983. The van der Waals surface area contributed by atoms with E-state index >= 15 is 0 Å². The van der Waals surface area contributed by atoms with E-state index in [0.29, 0.717) is 0 Å². The largest absolute Gasteiger partial charge is 0.461 e. The summed E-state index contributed by atoms with van der Waals surface area (Å²) >= 11 is 0. The summed E-state index contributed by atoms with van der Waals surface area (Å²) in [6.45, 7) is 8.28. The molecule has 5 nitrogen and oxygen atoms in total. The fourth-order valence-electron chi connectivity index (χ4n) is 0.886. The lowest BCUT2D eigenvalue weighted by molar-refractivity contribution is -0.163. The first-order valence-electron chi connectivity index (χ1n) is 5.20. The van der Waals surface area contributed by atoms with Gasteiger partial charge >= 0.3 is 11.9 Å². The van der Waals surface area contributed by atoms with Crippen molar-refractivity contribution in [2.75, 3.05) is 13.2 Å². The Morgan fingerprint density at radius 2 is 1.56 bits per heavy atom. The third kappa shape index (κ3) is 9.45. The van der Waals surface area contributed by atoms with Crippen LogP contribution in [-0.2, 0) is 23.8 Å². The lowest BCUT2D eigenvalue weighted by Crippen LogP contribution is -2.27. The number of esters is 2. The zero-order valence-corrected chi connectivity index (χ0v) is 10.5. The molecular formula is C11H20O5. The molecule has 0 aromatic carbocycles. The van der Waals surface area contributed by atoms with Crippen molar-refractivity contribution in [3.63, 3.8) is 0 Å². The van der Waals surface area contributed by atoms with Crippen LogP contribution in [0.15, 0.2) is 0 Å². The fraction of sp³-hybridized carbons (Fsp3) is 0.818. The predicted octanol–water partition coefficient (Wildman–Crippen LogP) is 1.30. The highest BCUT2D eigenvalue weighted by Gasteiger charge is 2.16. The Bertz CT molecular complexity index is 239. The Morgan fingerprint density at radius 1 is 1.06 bits per heavy atom. The minimum atomic E-state index is -0.543. The van der Waals surface area contributed by atoms with Crippen LogP contribution in [0.1, 0.15) is 34.6 Å². The van der Waals surface area contributed by atoms with Gasteiger partial charge in [0, 0.05) is 0 Å². The Morgan fingerprint density at radius 3 is 2.00 bits per heavy atom. The quantitative estimate of drug-likeness (QED) is 0.668. The van der Waals surface area contributed by atoms with E-state index in [1.807, 2.05) is 0 Å². The predicted molar refractivity (Wildman–Crippen MR) is 57.9 cm³/mol. The molecule has 0 aromatic heterocycles. The SMILES string of the molecule is CC(C)OC(=O)COCC(=O)OC(C)(C)C. The molecule has 0 aliphatic carbocycles. The van der Waals surface area contributed by atoms with Gasteiger partial charge in [0.25, 0.3) is 0 Å². The molecule has 0 atom stereocenters. The number of hydrogen-bond donors (Lipinski definition) is 0. The second kappa shape index (κ2) is 6.48. The van der Waals surface area contributed by atoms with Crippen LogP contribution in [0.3, 0.4) is 0 Å². The van der Waals surface area contributed by atoms with E-state index in [4.69, 9.17) is 14.2 Å². The smallest absolute Gasteiger partial charge is 0.332 e. The maximum absolute atomic E-state index is 11.2. The molecule has 0 radical (unpaired) electrons. The molecule has 0 saturated heterocycles. The van der Waals surface area contributed by atoms with Gasteiger partial charge in [-0.3, -0.25) is 0 Å². The molecule has 0 saturated carbocycles. The molecule has 0 aliphatic heterocycles. The van der Waals surface area contributed by atoms with E-state index in [-0.39, 0.29) is 19.3 Å². The van der Waals surface area contributed by atoms with Crippen LogP contribution in [0.4, 0.5) is 0 Å². The summed E-state index contributed by atoms with van der Waals surface area (Å²) in [6, 6.07) is 0. The molecule has 5 heteroatoms. The van der Waals surface area contributed by atoms with E-state index in [9.17, 15) is 9.59 Å². The molecule has 0 unspecified atom stereocenters. The molecule has 94 valence electrons. The lowest BCUT2D eigenvalue weighted by atomic mass is 10.2. The monoisotopic (exact) mass is 232 g/mol. The van der Waals surface area contributed by atoms with Crippen LogP contribution in [0.2, 0.25) is 0 Å². The van der Waals surface area contributed by atoms with Gasteiger partial charge in [0.2, 0.25) is 0 Å². The van der Waals surface area contributed by atoms with Crippen molar-refractivity contribution in [1.29, 1.82) is 0 Å². The Labute approximate surface area is 96.1 Å². The molecule has 0 rings (SSSR count). The number of carbonyl (C=O) groups is 2. The minimum Gasteiger partial charge on any atom is -0.461 e. The van der Waals surface area contributed by atoms with Gasteiger partial charge in [-0.05, 0) is 34.6 Å². The zero-order chi connectivity index (χ0) is 12.8. The first kappa shape index (κ1) is 14.9. The average molecular weight is 232 g/mol. The van der Waals surface area contributed by atoms with Crippen LogP contribution in [-0.4, -0.2) is 36.9 Å². The molecule has 0 N–H and O–H groups in total. The molecule has 0 spiro atoms. The fourth-order valence-corrected chi connectivity index (χ4v) is 0.886. The normalized spacial score (nSPS) is 11.4. The van der Waals surface area contributed by atoms with Crippen LogP contribution < -0.4 is 0 Å². The number of ether oxygens (including phenoxy) is 3. The van der Waals surface area contributed by atoms with E-state index < -0.39 is 17.5 Å². The molecule has 0 bridgehead atoms. The van der Waals surface area contributed by atoms with E-state index in [2.05, 4.69) is 0 Å². The first-order chi connectivity index (χ1) is 7.20. The van der Waals surface area contributed by atoms with E-state index in [0.717, 1.165) is 0 Å². The van der Waals surface area contributed by atoms with Crippen LogP contribution >= 0.6 is 0 Å². The molecule has 0 heterocycles. The molecular weight excluding hydrogens is 212 g/mol. The van der Waals surface area contributed by atoms with Crippen LogP contribution in [0.25, 0.3) is 0 Å². The number of rotatable bonds is 5. The summed E-state index contributed by atoms with van der Waals surface area (Å²) < 4.78 is 14.7. The lowest BCUT2D eigenvalue weighted by Gasteiger charge is -2.19. The number of hydrogen-bond acceptors (Lipinski definition) is 5. The highest BCUT2D eigenvalue weighted by atomic mass is 16.6. The summed E-state index contributed by atoms with van der Waals surface area (Å²) in [6.07, 6.45) is -0.183. The third-order valence-corrected chi connectivity index (χ3v) is 1.23. The molecule has 16 heavy (non-hydrogen) atoms. The van der Waals surface area contributed by atoms with E-state index in [1.54, 1.807) is 34.6 Å². The maximum atomic E-state index is 11.2. The molecule has 0 aliphatic rings. The van der Waals surface area contributed by atoms with Gasteiger partial charge in [-0.1, -0.05) is 0 Å². The van der Waals surface area contributed by atoms with Crippen molar-refractivity contribution < 1.29 is 23.8 Å². The second-order valence-electron chi connectivity index (χ2n) is 4.62. The van der Waals surface area contributed by atoms with Crippen molar-refractivity contribution >= 4 is 11.9 Å². The zero-order valence-electron chi connectivity index (χ0n) is 10.5. The Balaban J connectivity index is 3.66.